The summed E-state index contributed by atoms with van der Waals surface area (Å²) in [5.41, 5.74) is 8.10. The quantitative estimate of drug-likeness (QED) is 0.429. The third-order valence-electron chi connectivity index (χ3n) is 4.10. The lowest BCUT2D eigenvalue weighted by Gasteiger charge is -2.15. The highest BCUT2D eigenvalue weighted by Crippen LogP contribution is 2.36. The van der Waals surface area contributed by atoms with Crippen LogP contribution in [-0.4, -0.2) is 15.9 Å². The third-order valence-corrected chi connectivity index (χ3v) is 5.15. The summed E-state index contributed by atoms with van der Waals surface area (Å²) in [5, 5.41) is 24.0. The number of hydrogen-bond acceptors (Lipinski definition) is 5. The van der Waals surface area contributed by atoms with E-state index in [1.807, 2.05) is 56.3 Å². The summed E-state index contributed by atoms with van der Waals surface area (Å²) in [4.78, 5) is 0. The maximum atomic E-state index is 9.86. The predicted octanol–water partition coefficient (Wildman–Crippen LogP) is 5.70. The molecule has 0 unspecified atom stereocenters. The lowest BCUT2D eigenvalue weighted by molar-refractivity contribution is 0.240. The van der Waals surface area contributed by atoms with E-state index < -0.39 is 0 Å². The van der Waals surface area contributed by atoms with Crippen LogP contribution < -0.4 is 10.5 Å². The Balaban J connectivity index is 2.20. The topological polar surface area (TPSA) is 101 Å². The van der Waals surface area contributed by atoms with E-state index in [0.717, 1.165) is 8.95 Å². The minimum atomic E-state index is -0.0669. The number of nitrogen functional groups attached to an aromatic ring is 1. The number of benzene rings is 2. The second-order valence-electron chi connectivity index (χ2n) is 6.61. The summed E-state index contributed by atoms with van der Waals surface area (Å²) in [5.74, 6) is 0.767. The zero-order chi connectivity index (χ0) is 21.8. The Labute approximate surface area is 191 Å². The van der Waals surface area contributed by atoms with Gasteiger partial charge in [-0.05, 0) is 60.1 Å². The molecule has 0 saturated heterocycles. The molecule has 0 fully saturated rings. The molecule has 150 valence electrons. The smallest absolute Gasteiger partial charge is 0.145 e. The molecule has 6 nitrogen and oxygen atoms in total. The van der Waals surface area contributed by atoms with E-state index in [1.54, 1.807) is 6.08 Å². The van der Waals surface area contributed by atoms with Gasteiger partial charge < -0.3 is 10.5 Å². The number of ether oxygens (including phenoxy) is 1. The van der Waals surface area contributed by atoms with Crippen molar-refractivity contribution in [2.45, 2.75) is 20.0 Å². The van der Waals surface area contributed by atoms with Crippen LogP contribution in [0, 0.1) is 22.7 Å². The highest BCUT2D eigenvalue weighted by atomic mass is 79.9. The molecule has 2 N–H and O–H groups in total. The molecular weight excluding hydrogens is 510 g/mol. The average Bonchev–Trinajstić information content (AvgIpc) is 3.05. The minimum absolute atomic E-state index is 0.0669. The van der Waals surface area contributed by atoms with Crippen molar-refractivity contribution in [1.82, 2.24) is 9.78 Å². The lowest BCUT2D eigenvalue weighted by atomic mass is 10.1. The van der Waals surface area contributed by atoms with Gasteiger partial charge in [-0.25, -0.2) is 4.68 Å². The van der Waals surface area contributed by atoms with Crippen LogP contribution in [0.5, 0.6) is 5.75 Å². The zero-order valence-electron chi connectivity index (χ0n) is 16.2. The molecule has 8 heteroatoms. The van der Waals surface area contributed by atoms with Gasteiger partial charge in [0.25, 0.3) is 0 Å². The van der Waals surface area contributed by atoms with Crippen LogP contribution in [0.2, 0.25) is 0 Å². The van der Waals surface area contributed by atoms with E-state index in [1.165, 1.54) is 4.68 Å². The summed E-state index contributed by atoms with van der Waals surface area (Å²) < 4.78 is 8.94. The van der Waals surface area contributed by atoms with Crippen LogP contribution in [0.15, 0.2) is 51.4 Å². The molecule has 0 amide bonds. The Morgan fingerprint density at radius 1 is 1.20 bits per heavy atom. The second kappa shape index (κ2) is 9.17. The van der Waals surface area contributed by atoms with E-state index in [4.69, 9.17) is 10.5 Å². The van der Waals surface area contributed by atoms with Crippen LogP contribution in [0.1, 0.15) is 30.7 Å². The number of nitriles is 2. The summed E-state index contributed by atoms with van der Waals surface area (Å²) in [7, 11) is 0. The Bertz CT molecular complexity index is 1200. The van der Waals surface area contributed by atoms with Crippen molar-refractivity contribution >= 4 is 49.3 Å². The Kier molecular flexibility index (Phi) is 6.61. The Morgan fingerprint density at radius 3 is 2.50 bits per heavy atom. The van der Waals surface area contributed by atoms with E-state index in [9.17, 15) is 10.5 Å². The number of hydrogen-bond donors (Lipinski definition) is 1. The molecule has 30 heavy (non-hydrogen) atoms. The summed E-state index contributed by atoms with van der Waals surface area (Å²) >= 11 is 6.98. The maximum absolute atomic E-state index is 9.86. The Hall–Kier alpha value is -3.07. The van der Waals surface area contributed by atoms with Gasteiger partial charge >= 0.3 is 0 Å². The van der Waals surface area contributed by atoms with Crippen molar-refractivity contribution in [3.05, 3.63) is 68.2 Å². The van der Waals surface area contributed by atoms with Gasteiger partial charge in [0.2, 0.25) is 0 Å². The summed E-state index contributed by atoms with van der Waals surface area (Å²) in [6.07, 6.45) is 1.58. The number of anilines is 1. The monoisotopic (exact) mass is 525 g/mol. The molecule has 2 aromatic carbocycles. The van der Waals surface area contributed by atoms with E-state index in [0.29, 0.717) is 17.0 Å². The lowest BCUT2D eigenvalue weighted by Crippen LogP contribution is -2.07. The van der Waals surface area contributed by atoms with Crippen molar-refractivity contribution in [2.24, 2.45) is 0 Å². The van der Waals surface area contributed by atoms with Gasteiger partial charge in [0.15, 0.2) is 0 Å². The molecule has 0 atom stereocenters. The number of nitrogens with two attached hydrogens (primary N) is 1. The van der Waals surface area contributed by atoms with E-state index in [2.05, 4.69) is 49.1 Å². The van der Waals surface area contributed by atoms with Crippen LogP contribution in [0.3, 0.4) is 0 Å². The number of para-hydroxylation sites is 1. The standard InChI is InChI=1S/C22H17Br2N5O/c1-13(2)30-21-14(9-16(23)10-19(21)24)8-15(11-25)20-18(12-26)22(27)29(28-20)17-6-4-3-5-7-17/h3-10,13H,27H2,1-2H3/b15-8+. The van der Waals surface area contributed by atoms with Gasteiger partial charge in [-0.3, -0.25) is 0 Å². The number of halogens is 2. The number of aromatic nitrogens is 2. The van der Waals surface area contributed by atoms with E-state index in [-0.39, 0.29) is 28.8 Å². The third kappa shape index (κ3) is 4.40. The minimum Gasteiger partial charge on any atom is -0.489 e. The van der Waals surface area contributed by atoms with Gasteiger partial charge in [0.05, 0.1) is 21.8 Å². The first-order valence-corrected chi connectivity index (χ1v) is 10.6. The molecule has 0 aliphatic carbocycles. The van der Waals surface area contributed by atoms with Gasteiger partial charge in [0, 0.05) is 10.0 Å². The molecule has 0 radical (unpaired) electrons. The fourth-order valence-electron chi connectivity index (χ4n) is 2.85. The number of nitrogens with zero attached hydrogens (tertiary/aromatic N) is 4. The van der Waals surface area contributed by atoms with Crippen LogP contribution in [0.4, 0.5) is 5.82 Å². The predicted molar refractivity (Wildman–Crippen MR) is 124 cm³/mol. The largest absolute Gasteiger partial charge is 0.489 e. The fraction of sp³-hybridized carbons (Fsp3) is 0.136. The molecular formula is C22H17Br2N5O. The van der Waals surface area contributed by atoms with Gasteiger partial charge in [-0.15, -0.1) is 0 Å². The summed E-state index contributed by atoms with van der Waals surface area (Å²) in [6.45, 7) is 3.84. The SMILES string of the molecule is CC(C)Oc1c(Br)cc(Br)cc1/C=C(\C#N)c1nn(-c2ccccc2)c(N)c1C#N. The second-order valence-corrected chi connectivity index (χ2v) is 8.38. The van der Waals surface area contributed by atoms with Crippen molar-refractivity contribution in [2.75, 3.05) is 5.73 Å². The van der Waals surface area contributed by atoms with Crippen LogP contribution >= 0.6 is 31.9 Å². The van der Waals surface area contributed by atoms with Gasteiger partial charge in [-0.2, -0.15) is 15.6 Å². The fourth-order valence-corrected chi connectivity index (χ4v) is 4.20. The van der Waals surface area contributed by atoms with Crippen LogP contribution in [-0.2, 0) is 0 Å². The molecule has 0 spiro atoms. The van der Waals surface area contributed by atoms with Crippen molar-refractivity contribution in [3.63, 3.8) is 0 Å². The van der Waals surface area contributed by atoms with Crippen LogP contribution in [0.25, 0.3) is 17.3 Å². The first-order chi connectivity index (χ1) is 14.3. The highest BCUT2D eigenvalue weighted by molar-refractivity contribution is 9.11. The normalized spacial score (nSPS) is 11.2. The molecule has 0 saturated carbocycles. The molecule has 0 aliphatic rings. The number of allylic oxidation sites excluding steroid dienone is 1. The maximum Gasteiger partial charge on any atom is 0.145 e. The molecule has 3 rings (SSSR count). The first-order valence-electron chi connectivity index (χ1n) is 8.97. The van der Waals surface area contributed by atoms with Gasteiger partial charge in [0.1, 0.15) is 35.0 Å². The molecule has 1 heterocycles. The first kappa shape index (κ1) is 21.6. The van der Waals surface area contributed by atoms with Crippen molar-refractivity contribution in [1.29, 1.82) is 10.5 Å². The molecule has 0 bridgehead atoms. The summed E-state index contributed by atoms with van der Waals surface area (Å²) in [6, 6.07) is 17.1. The van der Waals surface area contributed by atoms with E-state index >= 15 is 0 Å². The number of rotatable bonds is 5. The average molecular weight is 527 g/mol. The van der Waals surface area contributed by atoms with Crippen molar-refractivity contribution < 1.29 is 4.74 Å². The molecule has 3 aromatic rings. The highest BCUT2D eigenvalue weighted by Gasteiger charge is 2.21. The van der Waals surface area contributed by atoms with Gasteiger partial charge in [-0.1, -0.05) is 34.1 Å². The Morgan fingerprint density at radius 2 is 1.90 bits per heavy atom. The molecule has 0 aliphatic heterocycles. The molecule has 1 aromatic heterocycles. The van der Waals surface area contributed by atoms with Crippen molar-refractivity contribution in [3.8, 4) is 23.6 Å². The zero-order valence-corrected chi connectivity index (χ0v) is 19.4.